The number of benzene rings is 1. The van der Waals surface area contributed by atoms with E-state index in [0.29, 0.717) is 5.69 Å². The average molecular weight is 388 g/mol. The molecule has 0 aromatic heterocycles. The van der Waals surface area contributed by atoms with Gasteiger partial charge < -0.3 is 9.64 Å². The Morgan fingerprint density at radius 3 is 2.31 bits per heavy atom. The van der Waals surface area contributed by atoms with Crippen LogP contribution in [0.4, 0.5) is 14.5 Å². The summed E-state index contributed by atoms with van der Waals surface area (Å²) in [5, 5.41) is 0. The molecule has 9 heteroatoms. The van der Waals surface area contributed by atoms with E-state index in [1.807, 2.05) is 4.90 Å². The van der Waals surface area contributed by atoms with Gasteiger partial charge in [-0.1, -0.05) is 6.92 Å². The van der Waals surface area contributed by atoms with E-state index in [9.17, 15) is 18.4 Å². The molecule has 0 spiro atoms. The Morgan fingerprint density at radius 1 is 1.15 bits per heavy atom. The molecule has 2 fully saturated rings. The SMILES string of the molecule is CCN1CCN(C2CC(=O)N(c3ccc(OC(F)(F)Cl)cc3)C2=O)CC1. The maximum Gasteiger partial charge on any atom is 0.487 e. The van der Waals surface area contributed by atoms with Crippen molar-refractivity contribution in [1.29, 1.82) is 0 Å². The standard InChI is InChI=1S/C17H20ClF2N3O3/c1-2-21-7-9-22(10-8-21)14-11-15(24)23(16(14)25)12-3-5-13(6-4-12)26-17(18,19)20/h3-6,14H,2,7-11H2,1H3. The Morgan fingerprint density at radius 2 is 1.77 bits per heavy atom. The fourth-order valence-electron chi connectivity index (χ4n) is 3.36. The number of carbonyl (C=O) groups is 2. The third kappa shape index (κ3) is 4.13. The number of imide groups is 1. The Kier molecular flexibility index (Phi) is 5.45. The second kappa shape index (κ2) is 7.46. The van der Waals surface area contributed by atoms with Crippen molar-refractivity contribution < 1.29 is 23.1 Å². The number of piperazine rings is 1. The zero-order valence-electron chi connectivity index (χ0n) is 14.3. The van der Waals surface area contributed by atoms with E-state index in [0.717, 1.165) is 37.6 Å². The number of hydrogen-bond donors (Lipinski definition) is 0. The van der Waals surface area contributed by atoms with Gasteiger partial charge in [0.1, 0.15) is 5.75 Å². The number of carbonyl (C=O) groups excluding carboxylic acids is 2. The van der Waals surface area contributed by atoms with Gasteiger partial charge in [0.2, 0.25) is 5.91 Å². The van der Waals surface area contributed by atoms with Crippen molar-refractivity contribution in [2.45, 2.75) is 25.0 Å². The molecule has 0 bridgehead atoms. The molecule has 2 aliphatic heterocycles. The smallest absolute Gasteiger partial charge is 0.420 e. The molecule has 142 valence electrons. The van der Waals surface area contributed by atoms with Crippen molar-refractivity contribution in [2.24, 2.45) is 0 Å². The lowest BCUT2D eigenvalue weighted by Crippen LogP contribution is -2.52. The fraction of sp³-hybridized carbons (Fsp3) is 0.529. The number of alkyl halides is 3. The Labute approximate surface area is 155 Å². The molecule has 0 radical (unpaired) electrons. The Hall–Kier alpha value is -1.77. The predicted molar refractivity (Wildman–Crippen MR) is 92.5 cm³/mol. The van der Waals surface area contributed by atoms with Crippen molar-refractivity contribution in [3.05, 3.63) is 24.3 Å². The van der Waals surface area contributed by atoms with Crippen LogP contribution in [0.2, 0.25) is 0 Å². The van der Waals surface area contributed by atoms with Gasteiger partial charge >= 0.3 is 5.57 Å². The molecular weight excluding hydrogens is 368 g/mol. The van der Waals surface area contributed by atoms with Gasteiger partial charge in [-0.15, -0.1) is 8.78 Å². The van der Waals surface area contributed by atoms with Crippen LogP contribution < -0.4 is 9.64 Å². The lowest BCUT2D eigenvalue weighted by molar-refractivity contribution is -0.123. The first-order valence-corrected chi connectivity index (χ1v) is 8.85. The second-order valence-electron chi connectivity index (χ2n) is 6.30. The van der Waals surface area contributed by atoms with Gasteiger partial charge in [-0.05, 0) is 30.8 Å². The number of amides is 2. The molecule has 0 N–H and O–H groups in total. The molecule has 2 saturated heterocycles. The molecular formula is C17H20ClF2N3O3. The van der Waals surface area contributed by atoms with Gasteiger partial charge in [-0.3, -0.25) is 14.5 Å². The molecule has 1 aromatic carbocycles. The highest BCUT2D eigenvalue weighted by Gasteiger charge is 2.43. The number of rotatable bonds is 5. The summed E-state index contributed by atoms with van der Waals surface area (Å²) in [5.41, 5.74) is -3.48. The maximum atomic E-state index is 12.8. The first-order chi connectivity index (χ1) is 12.3. The molecule has 2 heterocycles. The molecule has 1 unspecified atom stereocenters. The number of ether oxygens (including phenoxy) is 1. The van der Waals surface area contributed by atoms with Crippen LogP contribution in [0.5, 0.6) is 5.75 Å². The fourth-order valence-corrected chi connectivity index (χ4v) is 3.45. The summed E-state index contributed by atoms with van der Waals surface area (Å²) in [5.74, 6) is -0.731. The maximum absolute atomic E-state index is 12.8. The van der Waals surface area contributed by atoms with Gasteiger partial charge in [0.05, 0.1) is 18.2 Å². The van der Waals surface area contributed by atoms with E-state index in [2.05, 4.69) is 16.6 Å². The van der Waals surface area contributed by atoms with Gasteiger partial charge in [0.15, 0.2) is 0 Å². The van der Waals surface area contributed by atoms with Crippen LogP contribution in [0.15, 0.2) is 24.3 Å². The number of anilines is 1. The van der Waals surface area contributed by atoms with Gasteiger partial charge in [-0.2, -0.15) is 0 Å². The molecule has 3 rings (SSSR count). The highest BCUT2D eigenvalue weighted by Crippen LogP contribution is 2.30. The third-order valence-corrected chi connectivity index (χ3v) is 4.82. The van der Waals surface area contributed by atoms with Crippen LogP contribution in [0.1, 0.15) is 13.3 Å². The zero-order valence-corrected chi connectivity index (χ0v) is 15.1. The van der Waals surface area contributed by atoms with E-state index in [1.165, 1.54) is 24.3 Å². The Bertz CT molecular complexity index is 673. The summed E-state index contributed by atoms with van der Waals surface area (Å²) >= 11 is 4.72. The van der Waals surface area contributed by atoms with Crippen LogP contribution in [0.3, 0.4) is 0 Å². The summed E-state index contributed by atoms with van der Waals surface area (Å²) in [7, 11) is 0. The first kappa shape index (κ1) is 19.0. The van der Waals surface area contributed by atoms with E-state index >= 15 is 0 Å². The average Bonchev–Trinajstić information content (AvgIpc) is 2.89. The summed E-state index contributed by atoms with van der Waals surface area (Å²) in [6.07, 6.45) is 0.128. The van der Waals surface area contributed by atoms with Crippen molar-refractivity contribution in [3.8, 4) is 5.75 Å². The van der Waals surface area contributed by atoms with Gasteiger partial charge in [0, 0.05) is 37.8 Å². The topological polar surface area (TPSA) is 53.1 Å². The van der Waals surface area contributed by atoms with Gasteiger partial charge in [-0.25, -0.2) is 4.90 Å². The first-order valence-electron chi connectivity index (χ1n) is 8.47. The van der Waals surface area contributed by atoms with Crippen LogP contribution in [0.25, 0.3) is 0 Å². The number of likely N-dealkylation sites (N-methyl/N-ethyl adjacent to an activating group) is 1. The molecule has 2 aliphatic rings. The van der Waals surface area contributed by atoms with E-state index < -0.39 is 11.6 Å². The minimum Gasteiger partial charge on any atom is -0.420 e. The van der Waals surface area contributed by atoms with Crippen molar-refractivity contribution in [2.75, 3.05) is 37.6 Å². The molecule has 1 aromatic rings. The monoisotopic (exact) mass is 387 g/mol. The van der Waals surface area contributed by atoms with E-state index in [-0.39, 0.29) is 24.0 Å². The number of hydrogen-bond acceptors (Lipinski definition) is 5. The lowest BCUT2D eigenvalue weighted by Gasteiger charge is -2.36. The summed E-state index contributed by atoms with van der Waals surface area (Å²) in [6.45, 7) is 6.27. The van der Waals surface area contributed by atoms with E-state index in [1.54, 1.807) is 0 Å². The van der Waals surface area contributed by atoms with E-state index in [4.69, 9.17) is 11.6 Å². The zero-order chi connectivity index (χ0) is 18.9. The minimum atomic E-state index is -3.81. The summed E-state index contributed by atoms with van der Waals surface area (Å²) in [6, 6.07) is 4.82. The van der Waals surface area contributed by atoms with Gasteiger partial charge in [0.25, 0.3) is 5.91 Å². The van der Waals surface area contributed by atoms with Crippen LogP contribution in [0, 0.1) is 0 Å². The molecule has 1 atom stereocenters. The summed E-state index contributed by atoms with van der Waals surface area (Å²) in [4.78, 5) is 30.6. The summed E-state index contributed by atoms with van der Waals surface area (Å²) < 4.78 is 29.6. The normalized spacial score (nSPS) is 22.9. The van der Waals surface area contributed by atoms with Crippen LogP contribution in [-0.4, -0.2) is 65.9 Å². The predicted octanol–water partition coefficient (Wildman–Crippen LogP) is 2.12. The molecule has 2 amide bonds. The second-order valence-corrected chi connectivity index (χ2v) is 6.74. The largest absolute Gasteiger partial charge is 0.487 e. The highest BCUT2D eigenvalue weighted by atomic mass is 35.5. The minimum absolute atomic E-state index is 0.128. The van der Waals surface area contributed by atoms with Crippen molar-refractivity contribution in [3.63, 3.8) is 0 Å². The molecule has 6 nitrogen and oxygen atoms in total. The van der Waals surface area contributed by atoms with Crippen molar-refractivity contribution in [1.82, 2.24) is 9.80 Å². The molecule has 0 saturated carbocycles. The molecule has 26 heavy (non-hydrogen) atoms. The Balaban J connectivity index is 1.69. The highest BCUT2D eigenvalue weighted by molar-refractivity contribution is 6.22. The number of halogens is 3. The van der Waals surface area contributed by atoms with Crippen molar-refractivity contribution >= 4 is 29.1 Å². The third-order valence-electron chi connectivity index (χ3n) is 4.75. The lowest BCUT2D eigenvalue weighted by atomic mass is 10.1. The quantitative estimate of drug-likeness (QED) is 0.572. The van der Waals surface area contributed by atoms with Crippen LogP contribution in [-0.2, 0) is 9.59 Å². The van der Waals surface area contributed by atoms with Crippen LogP contribution >= 0.6 is 11.6 Å². The molecule has 0 aliphatic carbocycles. The number of nitrogens with zero attached hydrogens (tertiary/aromatic N) is 3.